The van der Waals surface area contributed by atoms with Gasteiger partial charge in [0.15, 0.2) is 0 Å². The van der Waals surface area contributed by atoms with E-state index in [4.69, 9.17) is 11.6 Å². The van der Waals surface area contributed by atoms with E-state index in [1.165, 1.54) is 5.69 Å². The van der Waals surface area contributed by atoms with Crippen LogP contribution in [0.3, 0.4) is 0 Å². The molecule has 1 aliphatic rings. The summed E-state index contributed by atoms with van der Waals surface area (Å²) in [6, 6.07) is 14.7. The Hall–Kier alpha value is -2.24. The molecule has 0 radical (unpaired) electrons. The highest BCUT2D eigenvalue weighted by Crippen LogP contribution is 2.20. The third-order valence-electron chi connectivity index (χ3n) is 4.10. The fraction of sp³-hybridized carbons (Fsp3) is 0.278. The van der Waals surface area contributed by atoms with Crippen molar-refractivity contribution in [1.82, 2.24) is 4.90 Å². The van der Waals surface area contributed by atoms with Crippen molar-refractivity contribution in [3.05, 3.63) is 53.6 Å². The van der Waals surface area contributed by atoms with E-state index in [0.29, 0.717) is 10.7 Å². The lowest BCUT2D eigenvalue weighted by Crippen LogP contribution is -2.44. The van der Waals surface area contributed by atoms with Gasteiger partial charge in [-0.25, -0.2) is 4.79 Å². The van der Waals surface area contributed by atoms with Gasteiger partial charge in [0.1, 0.15) is 0 Å². The highest BCUT2D eigenvalue weighted by Gasteiger charge is 2.14. The van der Waals surface area contributed by atoms with Crippen molar-refractivity contribution in [2.75, 3.05) is 48.8 Å². The summed E-state index contributed by atoms with van der Waals surface area (Å²) >= 11 is 5.83. The molecule has 6 heteroatoms. The molecule has 2 aromatic rings. The minimum atomic E-state index is -0.273. The predicted molar refractivity (Wildman–Crippen MR) is 100 cm³/mol. The number of hydrogen-bond acceptors (Lipinski definition) is 3. The lowest BCUT2D eigenvalue weighted by molar-refractivity contribution is 0.262. The molecule has 1 aliphatic heterocycles. The summed E-state index contributed by atoms with van der Waals surface area (Å²) in [4.78, 5) is 16.7. The number of amides is 2. The quantitative estimate of drug-likeness (QED) is 0.891. The molecule has 1 saturated heterocycles. The molecule has 1 fully saturated rings. The maximum absolute atomic E-state index is 12.0. The van der Waals surface area contributed by atoms with Gasteiger partial charge in [-0.2, -0.15) is 0 Å². The molecule has 0 saturated carbocycles. The minimum absolute atomic E-state index is 0.273. The highest BCUT2D eigenvalue weighted by atomic mass is 35.5. The second kappa shape index (κ2) is 7.55. The summed E-state index contributed by atoms with van der Waals surface area (Å²) in [7, 11) is 2.14. The van der Waals surface area contributed by atoms with E-state index in [9.17, 15) is 4.79 Å². The maximum atomic E-state index is 12.0. The molecule has 0 aliphatic carbocycles. The Bertz CT molecular complexity index is 679. The summed E-state index contributed by atoms with van der Waals surface area (Å²) < 4.78 is 0. The van der Waals surface area contributed by atoms with Crippen molar-refractivity contribution in [3.8, 4) is 0 Å². The van der Waals surface area contributed by atoms with Crippen molar-refractivity contribution in [1.29, 1.82) is 0 Å². The first-order chi connectivity index (χ1) is 11.6. The number of piperazine rings is 1. The van der Waals surface area contributed by atoms with E-state index in [-0.39, 0.29) is 6.03 Å². The third kappa shape index (κ3) is 4.40. The fourth-order valence-electron chi connectivity index (χ4n) is 2.65. The van der Waals surface area contributed by atoms with Gasteiger partial charge in [0, 0.05) is 48.3 Å². The number of urea groups is 1. The second-order valence-electron chi connectivity index (χ2n) is 5.92. The average molecular weight is 345 g/mol. The van der Waals surface area contributed by atoms with Crippen LogP contribution in [0, 0.1) is 0 Å². The SMILES string of the molecule is CN1CCN(c2ccc(NC(=O)Nc3ccc(Cl)cc3)cc2)CC1. The largest absolute Gasteiger partial charge is 0.369 e. The van der Waals surface area contributed by atoms with E-state index in [2.05, 4.69) is 27.5 Å². The zero-order valence-corrected chi connectivity index (χ0v) is 14.4. The van der Waals surface area contributed by atoms with Crippen LogP contribution in [0.4, 0.5) is 21.9 Å². The van der Waals surface area contributed by atoms with Crippen LogP contribution in [-0.2, 0) is 0 Å². The lowest BCUT2D eigenvalue weighted by Gasteiger charge is -2.34. The van der Waals surface area contributed by atoms with Crippen molar-refractivity contribution in [2.24, 2.45) is 0 Å². The summed E-state index contributed by atoms with van der Waals surface area (Å²) in [6.45, 7) is 4.20. The van der Waals surface area contributed by atoms with E-state index < -0.39 is 0 Å². The average Bonchev–Trinajstić information content (AvgIpc) is 2.58. The molecule has 0 bridgehead atoms. The standard InChI is InChI=1S/C18H21ClN4O/c1-22-10-12-23(13-11-22)17-8-6-16(7-9-17)21-18(24)20-15-4-2-14(19)3-5-15/h2-9H,10-13H2,1H3,(H2,20,21,24). The van der Waals surface area contributed by atoms with Crippen LogP contribution >= 0.6 is 11.6 Å². The van der Waals surface area contributed by atoms with E-state index in [1.54, 1.807) is 24.3 Å². The number of benzene rings is 2. The molecular weight excluding hydrogens is 324 g/mol. The van der Waals surface area contributed by atoms with Gasteiger partial charge in [-0.05, 0) is 55.6 Å². The molecule has 0 atom stereocenters. The molecule has 0 unspecified atom stereocenters. The van der Waals surface area contributed by atoms with E-state index in [0.717, 1.165) is 31.9 Å². The monoisotopic (exact) mass is 344 g/mol. The second-order valence-corrected chi connectivity index (χ2v) is 6.36. The molecule has 3 rings (SSSR count). The Morgan fingerprint density at radius 3 is 1.92 bits per heavy atom. The summed E-state index contributed by atoms with van der Waals surface area (Å²) in [5.41, 5.74) is 2.65. The zero-order valence-electron chi connectivity index (χ0n) is 13.6. The number of halogens is 1. The molecule has 5 nitrogen and oxygen atoms in total. The number of nitrogens with zero attached hydrogens (tertiary/aromatic N) is 2. The van der Waals surface area contributed by atoms with Crippen LogP contribution in [0.1, 0.15) is 0 Å². The Morgan fingerprint density at radius 1 is 0.875 bits per heavy atom. The van der Waals surface area contributed by atoms with E-state index >= 15 is 0 Å². The lowest BCUT2D eigenvalue weighted by atomic mass is 10.2. The number of nitrogens with one attached hydrogen (secondary N) is 2. The van der Waals surface area contributed by atoms with Gasteiger partial charge >= 0.3 is 6.03 Å². The van der Waals surface area contributed by atoms with Crippen molar-refractivity contribution >= 4 is 34.7 Å². The van der Waals surface area contributed by atoms with Gasteiger partial charge < -0.3 is 20.4 Å². The first kappa shape index (κ1) is 16.6. The zero-order chi connectivity index (χ0) is 16.9. The van der Waals surface area contributed by atoms with E-state index in [1.807, 2.05) is 24.3 Å². The van der Waals surface area contributed by atoms with Crippen LogP contribution < -0.4 is 15.5 Å². The molecule has 126 valence electrons. The van der Waals surface area contributed by atoms with Gasteiger partial charge in [0.05, 0.1) is 0 Å². The topological polar surface area (TPSA) is 47.6 Å². The Labute approximate surface area is 147 Å². The Balaban J connectivity index is 1.55. The van der Waals surface area contributed by atoms with Gasteiger partial charge in [-0.3, -0.25) is 0 Å². The van der Waals surface area contributed by atoms with Crippen LogP contribution in [0.15, 0.2) is 48.5 Å². The van der Waals surface area contributed by atoms with Gasteiger partial charge in [-0.1, -0.05) is 11.6 Å². The van der Waals surface area contributed by atoms with Gasteiger partial charge in [-0.15, -0.1) is 0 Å². The van der Waals surface area contributed by atoms with Crippen molar-refractivity contribution in [3.63, 3.8) is 0 Å². The summed E-state index contributed by atoms with van der Waals surface area (Å²) in [5, 5.41) is 6.25. The predicted octanol–water partition coefficient (Wildman–Crippen LogP) is 3.74. The Morgan fingerprint density at radius 2 is 1.38 bits per heavy atom. The normalized spacial score (nSPS) is 15.2. The molecule has 24 heavy (non-hydrogen) atoms. The molecule has 2 aromatic carbocycles. The number of rotatable bonds is 3. The van der Waals surface area contributed by atoms with Gasteiger partial charge in [0.2, 0.25) is 0 Å². The van der Waals surface area contributed by atoms with Gasteiger partial charge in [0.25, 0.3) is 0 Å². The molecule has 2 amide bonds. The Kier molecular flexibility index (Phi) is 5.23. The number of hydrogen-bond donors (Lipinski definition) is 2. The fourth-order valence-corrected chi connectivity index (χ4v) is 2.77. The van der Waals surface area contributed by atoms with Crippen molar-refractivity contribution < 1.29 is 4.79 Å². The summed E-state index contributed by atoms with van der Waals surface area (Å²) in [5.74, 6) is 0. The summed E-state index contributed by atoms with van der Waals surface area (Å²) in [6.07, 6.45) is 0. The number of carbonyl (C=O) groups excluding carboxylic acids is 1. The van der Waals surface area contributed by atoms with Crippen molar-refractivity contribution in [2.45, 2.75) is 0 Å². The van der Waals surface area contributed by atoms with Crippen LogP contribution in [-0.4, -0.2) is 44.2 Å². The third-order valence-corrected chi connectivity index (χ3v) is 4.35. The maximum Gasteiger partial charge on any atom is 0.323 e. The highest BCUT2D eigenvalue weighted by molar-refractivity contribution is 6.30. The molecule has 1 heterocycles. The molecular formula is C18H21ClN4O. The smallest absolute Gasteiger partial charge is 0.323 e. The van der Waals surface area contributed by atoms with Crippen LogP contribution in [0.25, 0.3) is 0 Å². The molecule has 0 spiro atoms. The first-order valence-electron chi connectivity index (χ1n) is 7.97. The number of anilines is 3. The minimum Gasteiger partial charge on any atom is -0.369 e. The number of likely N-dealkylation sites (N-methyl/N-ethyl adjacent to an activating group) is 1. The number of carbonyl (C=O) groups is 1. The van der Waals surface area contributed by atoms with Crippen LogP contribution in [0.2, 0.25) is 5.02 Å². The molecule has 0 aromatic heterocycles. The van der Waals surface area contributed by atoms with Crippen LogP contribution in [0.5, 0.6) is 0 Å². The first-order valence-corrected chi connectivity index (χ1v) is 8.35. The molecule has 2 N–H and O–H groups in total.